The fourth-order valence-electron chi connectivity index (χ4n) is 1.15. The molecule has 0 aliphatic heterocycles. The van der Waals surface area contributed by atoms with Gasteiger partial charge in [-0.05, 0) is 26.0 Å². The van der Waals surface area contributed by atoms with Crippen LogP contribution in [0.5, 0.6) is 0 Å². The number of rotatable bonds is 3. The summed E-state index contributed by atoms with van der Waals surface area (Å²) in [4.78, 5) is 22.3. The summed E-state index contributed by atoms with van der Waals surface area (Å²) >= 11 is 0. The van der Waals surface area contributed by atoms with E-state index >= 15 is 0 Å². The van der Waals surface area contributed by atoms with Crippen molar-refractivity contribution >= 4 is 11.9 Å². The Morgan fingerprint density at radius 1 is 1.25 bits per heavy atom. The number of benzene rings is 1. The molecule has 0 spiro atoms. The summed E-state index contributed by atoms with van der Waals surface area (Å²) in [6, 6.07) is 6.90. The summed E-state index contributed by atoms with van der Waals surface area (Å²) in [6.45, 7) is 3.47. The highest BCUT2D eigenvalue weighted by molar-refractivity contribution is 6.00. The van der Waals surface area contributed by atoms with Gasteiger partial charge in [0.1, 0.15) is 5.70 Å². The first-order valence-corrected chi connectivity index (χ1v) is 4.82. The third kappa shape index (κ3) is 2.95. The average molecular weight is 219 g/mol. The molecule has 0 heterocycles. The van der Waals surface area contributed by atoms with Crippen LogP contribution in [-0.2, 0) is 4.79 Å². The first-order chi connectivity index (χ1) is 7.54. The molecule has 84 valence electrons. The predicted octanol–water partition coefficient (Wildman–Crippen LogP) is 1.71. The van der Waals surface area contributed by atoms with Crippen molar-refractivity contribution in [3.05, 3.63) is 47.2 Å². The van der Waals surface area contributed by atoms with E-state index in [-0.39, 0.29) is 5.70 Å². The van der Waals surface area contributed by atoms with Crippen molar-refractivity contribution in [1.29, 1.82) is 0 Å². The van der Waals surface area contributed by atoms with Crippen molar-refractivity contribution in [2.45, 2.75) is 13.8 Å². The highest BCUT2D eigenvalue weighted by Gasteiger charge is 2.11. The van der Waals surface area contributed by atoms with Crippen molar-refractivity contribution in [2.75, 3.05) is 0 Å². The Morgan fingerprint density at radius 2 is 1.81 bits per heavy atom. The molecule has 2 N–H and O–H groups in total. The number of hydrogen-bond acceptors (Lipinski definition) is 2. The van der Waals surface area contributed by atoms with Gasteiger partial charge in [0.25, 0.3) is 5.91 Å². The number of hydrogen-bond donors (Lipinski definition) is 2. The Kier molecular flexibility index (Phi) is 3.83. The van der Waals surface area contributed by atoms with Gasteiger partial charge in [-0.2, -0.15) is 0 Å². The second-order valence-electron chi connectivity index (χ2n) is 3.33. The number of allylic oxidation sites excluding steroid dienone is 1. The van der Waals surface area contributed by atoms with Crippen molar-refractivity contribution < 1.29 is 14.7 Å². The zero-order valence-corrected chi connectivity index (χ0v) is 9.15. The number of aryl methyl sites for hydroxylation is 1. The van der Waals surface area contributed by atoms with E-state index in [0.29, 0.717) is 5.56 Å². The van der Waals surface area contributed by atoms with Crippen molar-refractivity contribution in [2.24, 2.45) is 0 Å². The van der Waals surface area contributed by atoms with Gasteiger partial charge in [0, 0.05) is 5.56 Å². The molecule has 4 nitrogen and oxygen atoms in total. The summed E-state index contributed by atoms with van der Waals surface area (Å²) < 4.78 is 0. The Morgan fingerprint density at radius 3 is 2.25 bits per heavy atom. The summed E-state index contributed by atoms with van der Waals surface area (Å²) in [5.74, 6) is -1.57. The molecule has 1 rings (SSSR count). The van der Waals surface area contributed by atoms with Crippen molar-refractivity contribution in [3.63, 3.8) is 0 Å². The molecule has 0 radical (unpaired) electrons. The summed E-state index contributed by atoms with van der Waals surface area (Å²) in [6.07, 6.45) is 1.34. The molecule has 0 atom stereocenters. The number of nitrogens with one attached hydrogen (secondary N) is 1. The van der Waals surface area contributed by atoms with Gasteiger partial charge in [0.2, 0.25) is 0 Å². The Balaban J connectivity index is 2.80. The van der Waals surface area contributed by atoms with Gasteiger partial charge in [-0.15, -0.1) is 0 Å². The van der Waals surface area contributed by atoms with Gasteiger partial charge >= 0.3 is 5.97 Å². The molecule has 4 heteroatoms. The fourth-order valence-corrected chi connectivity index (χ4v) is 1.15. The van der Waals surface area contributed by atoms with Crippen LogP contribution in [0, 0.1) is 6.92 Å². The van der Waals surface area contributed by atoms with E-state index in [0.717, 1.165) is 5.56 Å². The van der Waals surface area contributed by atoms with Gasteiger partial charge in [-0.3, -0.25) is 4.79 Å². The van der Waals surface area contributed by atoms with Crippen LogP contribution < -0.4 is 5.32 Å². The number of aliphatic carboxylic acids is 1. The zero-order valence-electron chi connectivity index (χ0n) is 9.15. The van der Waals surface area contributed by atoms with Gasteiger partial charge in [-0.1, -0.05) is 23.8 Å². The maximum atomic E-state index is 11.6. The molecule has 0 fully saturated rings. The summed E-state index contributed by atoms with van der Waals surface area (Å²) in [5, 5.41) is 11.1. The van der Waals surface area contributed by atoms with Crippen LogP contribution >= 0.6 is 0 Å². The standard InChI is InChI=1S/C12H13NO3/c1-3-10(12(15)16)13-11(14)9-6-4-8(2)5-7-9/h3-7H,1-2H3,(H,13,14)(H,15,16)/b10-3-. The third-order valence-corrected chi connectivity index (χ3v) is 2.08. The molecule has 16 heavy (non-hydrogen) atoms. The van der Waals surface area contributed by atoms with E-state index in [9.17, 15) is 9.59 Å². The molecule has 0 aromatic heterocycles. The highest BCUT2D eigenvalue weighted by atomic mass is 16.4. The fraction of sp³-hybridized carbons (Fsp3) is 0.167. The highest BCUT2D eigenvalue weighted by Crippen LogP contribution is 2.03. The number of carboxylic acid groups (broad SMARTS) is 1. The zero-order chi connectivity index (χ0) is 12.1. The van der Waals surface area contributed by atoms with E-state index in [1.165, 1.54) is 6.08 Å². The van der Waals surface area contributed by atoms with Crippen LogP contribution in [0.25, 0.3) is 0 Å². The molecular weight excluding hydrogens is 206 g/mol. The second-order valence-corrected chi connectivity index (χ2v) is 3.33. The number of carbonyl (C=O) groups excluding carboxylic acids is 1. The lowest BCUT2D eigenvalue weighted by atomic mass is 10.1. The average Bonchev–Trinajstić information content (AvgIpc) is 2.26. The van der Waals surface area contributed by atoms with Gasteiger partial charge < -0.3 is 10.4 Å². The van der Waals surface area contributed by atoms with Gasteiger partial charge in [0.15, 0.2) is 0 Å². The van der Waals surface area contributed by atoms with Crippen molar-refractivity contribution in [1.82, 2.24) is 5.32 Å². The summed E-state index contributed by atoms with van der Waals surface area (Å²) in [5.41, 5.74) is 1.36. The van der Waals surface area contributed by atoms with E-state index in [1.807, 2.05) is 6.92 Å². The largest absolute Gasteiger partial charge is 0.477 e. The lowest BCUT2D eigenvalue weighted by molar-refractivity contribution is -0.133. The monoisotopic (exact) mass is 219 g/mol. The molecule has 0 aliphatic rings. The Hall–Kier alpha value is -2.10. The SMILES string of the molecule is C/C=C(\NC(=O)c1ccc(C)cc1)C(=O)O. The Labute approximate surface area is 93.6 Å². The smallest absolute Gasteiger partial charge is 0.352 e. The number of carboxylic acids is 1. The molecule has 1 amide bonds. The molecule has 0 saturated heterocycles. The molecule has 1 aromatic rings. The first-order valence-electron chi connectivity index (χ1n) is 4.82. The van der Waals surface area contributed by atoms with Gasteiger partial charge in [0.05, 0.1) is 0 Å². The minimum Gasteiger partial charge on any atom is -0.477 e. The maximum Gasteiger partial charge on any atom is 0.352 e. The quantitative estimate of drug-likeness (QED) is 0.760. The van der Waals surface area contributed by atoms with Crippen LogP contribution in [-0.4, -0.2) is 17.0 Å². The van der Waals surface area contributed by atoms with Gasteiger partial charge in [-0.25, -0.2) is 4.79 Å². The first kappa shape index (κ1) is 12.0. The molecular formula is C12H13NO3. The van der Waals surface area contributed by atoms with Crippen molar-refractivity contribution in [3.8, 4) is 0 Å². The van der Waals surface area contributed by atoms with Crippen LogP contribution in [0.15, 0.2) is 36.0 Å². The lowest BCUT2D eigenvalue weighted by Gasteiger charge is -2.05. The summed E-state index contributed by atoms with van der Waals surface area (Å²) in [7, 11) is 0. The normalized spacial score (nSPS) is 11.0. The van der Waals surface area contributed by atoms with E-state index in [4.69, 9.17) is 5.11 Å². The number of amides is 1. The van der Waals surface area contributed by atoms with Crippen LogP contribution in [0.2, 0.25) is 0 Å². The molecule has 0 saturated carbocycles. The van der Waals surface area contributed by atoms with Crippen LogP contribution in [0.3, 0.4) is 0 Å². The third-order valence-electron chi connectivity index (χ3n) is 2.08. The van der Waals surface area contributed by atoms with E-state index in [1.54, 1.807) is 31.2 Å². The second kappa shape index (κ2) is 5.11. The Bertz CT molecular complexity index is 432. The van der Waals surface area contributed by atoms with E-state index in [2.05, 4.69) is 5.32 Å². The molecule has 1 aromatic carbocycles. The topological polar surface area (TPSA) is 66.4 Å². The minimum atomic E-state index is -1.15. The predicted molar refractivity (Wildman–Crippen MR) is 60.0 cm³/mol. The lowest BCUT2D eigenvalue weighted by Crippen LogP contribution is -2.27. The van der Waals surface area contributed by atoms with Crippen LogP contribution in [0.4, 0.5) is 0 Å². The molecule has 0 aliphatic carbocycles. The molecule has 0 bridgehead atoms. The molecule has 0 unspecified atom stereocenters. The van der Waals surface area contributed by atoms with Crippen LogP contribution in [0.1, 0.15) is 22.8 Å². The maximum absolute atomic E-state index is 11.6. The van der Waals surface area contributed by atoms with E-state index < -0.39 is 11.9 Å². The number of carbonyl (C=O) groups is 2. The minimum absolute atomic E-state index is 0.120.